The first-order valence-corrected chi connectivity index (χ1v) is 11.3. The number of carbonyl (C=O) groups excluding carboxylic acids is 1. The molecule has 5 nitrogen and oxygen atoms in total. The molecule has 2 aromatic rings. The summed E-state index contributed by atoms with van der Waals surface area (Å²) in [6, 6.07) is 13.1. The van der Waals surface area contributed by atoms with Gasteiger partial charge in [-0.1, -0.05) is 64.0 Å². The summed E-state index contributed by atoms with van der Waals surface area (Å²) in [6.45, 7) is 3.40. The molecule has 170 valence electrons. The molecule has 0 heterocycles. The van der Waals surface area contributed by atoms with Crippen molar-refractivity contribution in [1.82, 2.24) is 5.32 Å². The van der Waals surface area contributed by atoms with E-state index in [9.17, 15) is 9.18 Å². The lowest BCUT2D eigenvalue weighted by Gasteiger charge is -2.10. The Morgan fingerprint density at radius 2 is 1.52 bits per heavy atom. The third kappa shape index (κ3) is 10.7. The van der Waals surface area contributed by atoms with Gasteiger partial charge in [-0.25, -0.2) is 9.18 Å². The molecule has 31 heavy (non-hydrogen) atoms. The molecule has 0 spiro atoms. The standard InChI is InChI=1S/C25H35FN2O3/c1-2-3-4-5-6-7-8-11-19-30-22-16-14-21(15-17-22)28-25(29)27-18-20-31-24-13-10-9-12-23(24)26/h9-10,12-17H,2-8,11,18-20H2,1H3,(H2,27,28,29). The molecule has 2 aromatic carbocycles. The molecule has 0 aromatic heterocycles. The van der Waals surface area contributed by atoms with Crippen LogP contribution in [0.3, 0.4) is 0 Å². The van der Waals surface area contributed by atoms with Crippen molar-refractivity contribution in [2.75, 3.05) is 25.1 Å². The van der Waals surface area contributed by atoms with Gasteiger partial charge in [-0.3, -0.25) is 0 Å². The van der Waals surface area contributed by atoms with Crippen molar-refractivity contribution >= 4 is 11.7 Å². The number of amides is 2. The van der Waals surface area contributed by atoms with E-state index in [0.29, 0.717) is 12.3 Å². The van der Waals surface area contributed by atoms with Gasteiger partial charge in [-0.15, -0.1) is 0 Å². The molecule has 0 unspecified atom stereocenters. The van der Waals surface area contributed by atoms with Crippen LogP contribution in [-0.4, -0.2) is 25.8 Å². The van der Waals surface area contributed by atoms with Gasteiger partial charge in [0.2, 0.25) is 0 Å². The number of urea groups is 1. The zero-order valence-corrected chi connectivity index (χ0v) is 18.5. The van der Waals surface area contributed by atoms with E-state index in [1.807, 2.05) is 12.1 Å². The van der Waals surface area contributed by atoms with Gasteiger partial charge in [0.05, 0.1) is 13.2 Å². The highest BCUT2D eigenvalue weighted by atomic mass is 19.1. The van der Waals surface area contributed by atoms with Crippen molar-refractivity contribution in [3.63, 3.8) is 0 Å². The van der Waals surface area contributed by atoms with Crippen molar-refractivity contribution in [3.8, 4) is 11.5 Å². The predicted octanol–water partition coefficient (Wildman–Crippen LogP) is 6.55. The summed E-state index contributed by atoms with van der Waals surface area (Å²) in [5, 5.41) is 5.43. The van der Waals surface area contributed by atoms with Crippen LogP contribution in [0.1, 0.15) is 58.3 Å². The van der Waals surface area contributed by atoms with Gasteiger partial charge in [-0.05, 0) is 42.8 Å². The lowest BCUT2D eigenvalue weighted by Crippen LogP contribution is -2.32. The second-order valence-electron chi connectivity index (χ2n) is 7.51. The first kappa shape index (κ1) is 24.5. The van der Waals surface area contributed by atoms with Gasteiger partial charge in [0.25, 0.3) is 0 Å². The normalized spacial score (nSPS) is 10.5. The maximum atomic E-state index is 13.4. The van der Waals surface area contributed by atoms with E-state index in [0.717, 1.165) is 12.2 Å². The summed E-state index contributed by atoms with van der Waals surface area (Å²) in [5.74, 6) is 0.552. The van der Waals surface area contributed by atoms with Crippen LogP contribution < -0.4 is 20.1 Å². The van der Waals surface area contributed by atoms with Gasteiger partial charge in [0.15, 0.2) is 11.6 Å². The highest BCUT2D eigenvalue weighted by Gasteiger charge is 2.04. The number of ether oxygens (including phenoxy) is 2. The molecular weight excluding hydrogens is 395 g/mol. The van der Waals surface area contributed by atoms with Crippen molar-refractivity contribution in [1.29, 1.82) is 0 Å². The van der Waals surface area contributed by atoms with Crippen LogP contribution in [0.4, 0.5) is 14.9 Å². The van der Waals surface area contributed by atoms with Gasteiger partial charge in [0.1, 0.15) is 12.4 Å². The van der Waals surface area contributed by atoms with Gasteiger partial charge >= 0.3 is 6.03 Å². The highest BCUT2D eigenvalue weighted by molar-refractivity contribution is 5.89. The topological polar surface area (TPSA) is 59.6 Å². The number of hydrogen-bond donors (Lipinski definition) is 2. The van der Waals surface area contributed by atoms with Gasteiger partial charge in [0, 0.05) is 5.69 Å². The van der Waals surface area contributed by atoms with E-state index >= 15 is 0 Å². The molecule has 0 saturated heterocycles. The Balaban J connectivity index is 1.53. The Hall–Kier alpha value is -2.76. The largest absolute Gasteiger partial charge is 0.494 e. The van der Waals surface area contributed by atoms with Crippen molar-refractivity contribution in [2.24, 2.45) is 0 Å². The van der Waals surface area contributed by atoms with Crippen molar-refractivity contribution in [3.05, 3.63) is 54.3 Å². The number of halogens is 1. The molecule has 0 aliphatic heterocycles. The Kier molecular flexibility index (Phi) is 11.9. The third-order valence-electron chi connectivity index (χ3n) is 4.86. The first-order chi connectivity index (χ1) is 15.2. The molecule has 0 atom stereocenters. The fourth-order valence-corrected chi connectivity index (χ4v) is 3.12. The molecule has 0 fully saturated rings. The van der Waals surface area contributed by atoms with Gasteiger partial charge < -0.3 is 20.1 Å². The fourth-order valence-electron chi connectivity index (χ4n) is 3.12. The van der Waals surface area contributed by atoms with Gasteiger partial charge in [-0.2, -0.15) is 0 Å². The third-order valence-corrected chi connectivity index (χ3v) is 4.86. The van der Waals surface area contributed by atoms with Crippen LogP contribution >= 0.6 is 0 Å². The van der Waals surface area contributed by atoms with E-state index < -0.39 is 5.82 Å². The molecule has 0 radical (unpaired) electrons. The first-order valence-electron chi connectivity index (χ1n) is 11.3. The average Bonchev–Trinajstić information content (AvgIpc) is 2.78. The van der Waals surface area contributed by atoms with Crippen LogP contribution in [0, 0.1) is 5.82 Å². The number of para-hydroxylation sites is 1. The SMILES string of the molecule is CCCCCCCCCCOc1ccc(NC(=O)NCCOc2ccccc2F)cc1. The number of unbranched alkanes of at least 4 members (excludes halogenated alkanes) is 7. The minimum atomic E-state index is -0.420. The molecule has 2 rings (SSSR count). The Labute approximate surface area is 185 Å². The Morgan fingerprint density at radius 1 is 0.839 bits per heavy atom. The summed E-state index contributed by atoms with van der Waals surface area (Å²) in [7, 11) is 0. The predicted molar refractivity (Wildman–Crippen MR) is 123 cm³/mol. The second-order valence-corrected chi connectivity index (χ2v) is 7.51. The number of hydrogen-bond acceptors (Lipinski definition) is 3. The van der Waals surface area contributed by atoms with E-state index in [2.05, 4.69) is 17.6 Å². The summed E-state index contributed by atoms with van der Waals surface area (Å²) < 4.78 is 24.5. The minimum Gasteiger partial charge on any atom is -0.494 e. The van der Waals surface area contributed by atoms with E-state index in [1.165, 1.54) is 51.0 Å². The Bertz CT molecular complexity index is 753. The molecule has 2 amide bonds. The summed E-state index contributed by atoms with van der Waals surface area (Å²) in [5.41, 5.74) is 0.673. The van der Waals surface area contributed by atoms with E-state index in [1.54, 1.807) is 30.3 Å². The molecule has 0 aliphatic rings. The van der Waals surface area contributed by atoms with E-state index in [4.69, 9.17) is 9.47 Å². The number of rotatable bonds is 15. The van der Waals surface area contributed by atoms with Crippen LogP contribution in [0.5, 0.6) is 11.5 Å². The molecular formula is C25H35FN2O3. The summed E-state index contributed by atoms with van der Waals surface area (Å²) in [6.07, 6.45) is 10.2. The molecule has 0 aliphatic carbocycles. The molecule has 0 saturated carbocycles. The molecule has 6 heteroatoms. The lowest BCUT2D eigenvalue weighted by atomic mass is 10.1. The number of carbonyl (C=O) groups is 1. The molecule has 2 N–H and O–H groups in total. The summed E-state index contributed by atoms with van der Waals surface area (Å²) >= 11 is 0. The lowest BCUT2D eigenvalue weighted by molar-refractivity contribution is 0.246. The van der Waals surface area contributed by atoms with Crippen LogP contribution in [0.2, 0.25) is 0 Å². The average molecular weight is 431 g/mol. The second kappa shape index (κ2) is 15.1. The highest BCUT2D eigenvalue weighted by Crippen LogP contribution is 2.17. The van der Waals surface area contributed by atoms with Crippen LogP contribution in [-0.2, 0) is 0 Å². The quantitative estimate of drug-likeness (QED) is 0.315. The monoisotopic (exact) mass is 430 g/mol. The smallest absolute Gasteiger partial charge is 0.319 e. The van der Waals surface area contributed by atoms with E-state index in [-0.39, 0.29) is 24.9 Å². The number of benzene rings is 2. The fraction of sp³-hybridized carbons (Fsp3) is 0.480. The maximum absolute atomic E-state index is 13.4. The Morgan fingerprint density at radius 3 is 2.23 bits per heavy atom. The zero-order valence-electron chi connectivity index (χ0n) is 18.5. The zero-order chi connectivity index (χ0) is 22.2. The summed E-state index contributed by atoms with van der Waals surface area (Å²) in [4.78, 5) is 11.9. The minimum absolute atomic E-state index is 0.173. The van der Waals surface area contributed by atoms with Crippen molar-refractivity contribution in [2.45, 2.75) is 58.3 Å². The number of nitrogens with one attached hydrogen (secondary N) is 2. The maximum Gasteiger partial charge on any atom is 0.319 e. The van der Waals surface area contributed by atoms with Crippen molar-refractivity contribution < 1.29 is 18.7 Å². The van der Waals surface area contributed by atoms with Crippen LogP contribution in [0.25, 0.3) is 0 Å². The van der Waals surface area contributed by atoms with Crippen LogP contribution in [0.15, 0.2) is 48.5 Å². The number of anilines is 1. The molecule has 0 bridgehead atoms.